The van der Waals surface area contributed by atoms with Crippen LogP contribution in [0.1, 0.15) is 5.69 Å². The van der Waals surface area contributed by atoms with E-state index >= 15 is 0 Å². The first kappa shape index (κ1) is 15.4. The van der Waals surface area contributed by atoms with Gasteiger partial charge < -0.3 is 20.1 Å². The molecule has 0 spiro atoms. The molecule has 3 heterocycles. The van der Waals surface area contributed by atoms with Crippen molar-refractivity contribution in [1.82, 2.24) is 14.6 Å². The van der Waals surface area contributed by atoms with Crippen LogP contribution in [0.25, 0.3) is 16.0 Å². The summed E-state index contributed by atoms with van der Waals surface area (Å²) in [5.41, 5.74) is 9.17. The minimum absolute atomic E-state index is 0.0779. The molecule has 0 amide bonds. The normalized spacial score (nSPS) is 30.3. The van der Waals surface area contributed by atoms with Crippen molar-refractivity contribution in [3.8, 4) is 0 Å². The smallest absolute Gasteiger partial charge is 0.217 e. The minimum Gasteiger partial charge on any atom is -0.394 e. The second-order valence-electron chi connectivity index (χ2n) is 4.90. The number of aliphatic hydroxyl groups excluding tert-OH is 3. The predicted molar refractivity (Wildman–Crippen MR) is 73.2 cm³/mol. The molecule has 5 N–H and O–H groups in total. The van der Waals surface area contributed by atoms with E-state index in [2.05, 4.69) is 20.1 Å². The van der Waals surface area contributed by atoms with Gasteiger partial charge in [-0.25, -0.2) is 9.50 Å². The van der Waals surface area contributed by atoms with Crippen LogP contribution in [0.15, 0.2) is 23.6 Å². The van der Waals surface area contributed by atoms with E-state index in [1.807, 2.05) is 5.48 Å². The van der Waals surface area contributed by atoms with E-state index in [-0.39, 0.29) is 11.5 Å². The molecule has 0 aromatic carbocycles. The van der Waals surface area contributed by atoms with Crippen LogP contribution in [-0.2, 0) is 10.5 Å². The fourth-order valence-corrected chi connectivity index (χ4v) is 2.65. The number of azide groups is 1. The number of nitrogens with zero attached hydrogens (tertiary/aromatic N) is 6. The molecule has 122 valence electrons. The van der Waals surface area contributed by atoms with Gasteiger partial charge in [0.2, 0.25) is 5.72 Å². The Hall–Kier alpha value is -2.47. The number of hydrogen-bond donors (Lipinski definition) is 5. The summed E-state index contributed by atoms with van der Waals surface area (Å²) in [5, 5.41) is 46.1. The van der Waals surface area contributed by atoms with Crippen LogP contribution in [0.4, 0.5) is 5.82 Å². The summed E-state index contributed by atoms with van der Waals surface area (Å²) < 4.78 is 6.69. The SMILES string of the molecule is [N-]=[N+]=N[C@@]1(c2ccc3c(NO)ncnn23)O[C@H](CO)[C@@H](O)[C@H]1O. The van der Waals surface area contributed by atoms with Crippen molar-refractivity contribution in [3.05, 3.63) is 34.6 Å². The average Bonchev–Trinajstić information content (AvgIpc) is 3.10. The number of aromatic nitrogens is 3. The lowest BCUT2D eigenvalue weighted by Crippen LogP contribution is -2.40. The van der Waals surface area contributed by atoms with Gasteiger partial charge in [-0.15, -0.1) is 0 Å². The average molecular weight is 323 g/mol. The molecule has 1 aliphatic rings. The summed E-state index contributed by atoms with van der Waals surface area (Å²) >= 11 is 0. The molecule has 0 aliphatic carbocycles. The summed E-state index contributed by atoms with van der Waals surface area (Å²) in [5.74, 6) is 0.0779. The second-order valence-corrected chi connectivity index (χ2v) is 4.90. The molecule has 0 radical (unpaired) electrons. The Morgan fingerprint density at radius 1 is 1.48 bits per heavy atom. The summed E-state index contributed by atoms with van der Waals surface area (Å²) in [6, 6.07) is 2.94. The van der Waals surface area contributed by atoms with Crippen LogP contribution in [0.2, 0.25) is 0 Å². The molecule has 3 rings (SSSR count). The maximum Gasteiger partial charge on any atom is 0.217 e. The van der Waals surface area contributed by atoms with Crippen molar-refractivity contribution in [2.45, 2.75) is 24.0 Å². The van der Waals surface area contributed by atoms with Crippen molar-refractivity contribution in [3.63, 3.8) is 0 Å². The molecule has 1 fully saturated rings. The zero-order chi connectivity index (χ0) is 16.6. The van der Waals surface area contributed by atoms with Gasteiger partial charge in [-0.2, -0.15) is 5.10 Å². The Morgan fingerprint density at radius 2 is 2.26 bits per heavy atom. The van der Waals surface area contributed by atoms with Gasteiger partial charge in [-0.3, -0.25) is 10.7 Å². The van der Waals surface area contributed by atoms with Gasteiger partial charge in [0.05, 0.1) is 12.3 Å². The van der Waals surface area contributed by atoms with Gasteiger partial charge >= 0.3 is 0 Å². The monoisotopic (exact) mass is 323 g/mol. The van der Waals surface area contributed by atoms with E-state index in [4.69, 9.17) is 15.5 Å². The van der Waals surface area contributed by atoms with Crippen LogP contribution < -0.4 is 5.48 Å². The number of rotatable bonds is 4. The highest BCUT2D eigenvalue weighted by molar-refractivity contribution is 5.67. The van der Waals surface area contributed by atoms with E-state index in [9.17, 15) is 15.3 Å². The van der Waals surface area contributed by atoms with Crippen molar-refractivity contribution < 1.29 is 25.3 Å². The van der Waals surface area contributed by atoms with Crippen molar-refractivity contribution in [1.29, 1.82) is 0 Å². The third kappa shape index (κ3) is 2.09. The molecule has 2 aromatic heterocycles. The highest BCUT2D eigenvalue weighted by Gasteiger charge is 2.56. The fourth-order valence-electron chi connectivity index (χ4n) is 2.65. The Bertz CT molecular complexity index is 775. The molecule has 0 bridgehead atoms. The molecule has 12 heteroatoms. The second kappa shape index (κ2) is 5.62. The molecule has 0 saturated carbocycles. The van der Waals surface area contributed by atoms with E-state index < -0.39 is 30.6 Å². The fraction of sp³-hybridized carbons (Fsp3) is 0.455. The van der Waals surface area contributed by atoms with Crippen LogP contribution in [-0.4, -0.2) is 60.0 Å². The number of hydrogen-bond acceptors (Lipinski definition) is 9. The zero-order valence-corrected chi connectivity index (χ0v) is 11.6. The molecule has 4 atom stereocenters. The minimum atomic E-state index is -1.99. The molecule has 0 unspecified atom stereocenters. The third-order valence-corrected chi connectivity index (χ3v) is 3.73. The number of anilines is 1. The van der Waals surface area contributed by atoms with Gasteiger partial charge in [0.25, 0.3) is 0 Å². The predicted octanol–water partition coefficient (Wildman–Crippen LogP) is -0.894. The van der Waals surface area contributed by atoms with E-state index in [1.165, 1.54) is 16.6 Å². The van der Waals surface area contributed by atoms with Crippen molar-refractivity contribution in [2.75, 3.05) is 12.1 Å². The first-order chi connectivity index (χ1) is 11.1. The van der Waals surface area contributed by atoms with Crippen molar-refractivity contribution in [2.24, 2.45) is 5.11 Å². The lowest BCUT2D eigenvalue weighted by Gasteiger charge is -2.26. The molecule has 12 nitrogen and oxygen atoms in total. The lowest BCUT2D eigenvalue weighted by molar-refractivity contribution is -0.0970. The van der Waals surface area contributed by atoms with E-state index in [1.54, 1.807) is 0 Å². The zero-order valence-electron chi connectivity index (χ0n) is 11.6. The number of ether oxygens (including phenoxy) is 1. The maximum atomic E-state index is 10.3. The molecular formula is C11H13N7O5. The van der Waals surface area contributed by atoms with Gasteiger partial charge in [-0.1, -0.05) is 0 Å². The van der Waals surface area contributed by atoms with E-state index in [0.29, 0.717) is 5.52 Å². The Labute approximate surface area is 128 Å². The molecule has 1 saturated heterocycles. The van der Waals surface area contributed by atoms with Crippen molar-refractivity contribution >= 4 is 11.3 Å². The van der Waals surface area contributed by atoms with Gasteiger partial charge in [0.15, 0.2) is 5.82 Å². The van der Waals surface area contributed by atoms with Gasteiger partial charge in [0, 0.05) is 4.91 Å². The largest absolute Gasteiger partial charge is 0.394 e. The van der Waals surface area contributed by atoms with E-state index in [0.717, 1.165) is 6.33 Å². The summed E-state index contributed by atoms with van der Waals surface area (Å²) in [6.45, 7) is -0.581. The number of aliphatic hydroxyl groups is 3. The lowest BCUT2D eigenvalue weighted by atomic mass is 10.0. The third-order valence-electron chi connectivity index (χ3n) is 3.73. The van der Waals surface area contributed by atoms with Gasteiger partial charge in [0.1, 0.15) is 30.2 Å². The molecule has 23 heavy (non-hydrogen) atoms. The topological polar surface area (TPSA) is 181 Å². The maximum absolute atomic E-state index is 10.3. The summed E-state index contributed by atoms with van der Waals surface area (Å²) in [6.07, 6.45) is -3.11. The van der Waals surface area contributed by atoms with Crippen LogP contribution in [0.5, 0.6) is 0 Å². The highest BCUT2D eigenvalue weighted by atomic mass is 16.6. The Kier molecular flexibility index (Phi) is 3.77. The Morgan fingerprint density at radius 3 is 2.87 bits per heavy atom. The molecule has 2 aromatic rings. The summed E-state index contributed by atoms with van der Waals surface area (Å²) in [4.78, 5) is 6.48. The number of nitrogens with one attached hydrogen (secondary N) is 1. The van der Waals surface area contributed by atoms with Crippen LogP contribution >= 0.6 is 0 Å². The highest BCUT2D eigenvalue weighted by Crippen LogP contribution is 2.42. The van der Waals surface area contributed by atoms with Gasteiger partial charge in [-0.05, 0) is 22.8 Å². The Balaban J connectivity index is 2.23. The first-order valence-electron chi connectivity index (χ1n) is 6.53. The standard InChI is InChI=1S/C11H13N7O5/c12-17-16-11(9(21)8(20)6(3-19)23-11)7-2-1-5-10(15-22)13-4-14-18(5)7/h1-2,4,6,8-9,19-22H,3H2,(H,13,14,15)/t6-,8-,9-,11+/m1/s1. The first-order valence-corrected chi connectivity index (χ1v) is 6.53. The quantitative estimate of drug-likeness (QED) is 0.208. The van der Waals surface area contributed by atoms with Crippen LogP contribution in [0, 0.1) is 0 Å². The molecule has 1 aliphatic heterocycles. The van der Waals surface area contributed by atoms with Crippen LogP contribution in [0.3, 0.4) is 0 Å². The molecular weight excluding hydrogens is 310 g/mol. The summed E-state index contributed by atoms with van der Waals surface area (Å²) in [7, 11) is 0. The number of fused-ring (bicyclic) bond motifs is 1.